The molecule has 2 aromatic carbocycles. The molecule has 1 unspecified atom stereocenters. The van der Waals surface area contributed by atoms with Crippen LogP contribution in [0.3, 0.4) is 0 Å². The number of hydrogen-bond acceptors (Lipinski definition) is 4. The van der Waals surface area contributed by atoms with Gasteiger partial charge in [-0.05, 0) is 17.7 Å². The molecule has 0 aliphatic heterocycles. The fourth-order valence-corrected chi connectivity index (χ4v) is 5.12. The second-order valence-corrected chi connectivity index (χ2v) is 10.3. The van der Waals surface area contributed by atoms with Gasteiger partial charge in [0.1, 0.15) is 21.2 Å². The van der Waals surface area contributed by atoms with E-state index in [-0.39, 0.29) is 6.42 Å². The molecule has 0 aliphatic carbocycles. The lowest BCUT2D eigenvalue weighted by Gasteiger charge is -2.26. The molecule has 0 heterocycles. The van der Waals surface area contributed by atoms with Crippen molar-refractivity contribution < 1.29 is 19.1 Å². The molecular weight excluding hydrogens is 401 g/mol. The molecule has 0 fully saturated rings. The smallest absolute Gasteiger partial charge is 0.339 e. The highest BCUT2D eigenvalue weighted by Crippen LogP contribution is 2.50. The van der Waals surface area contributed by atoms with Gasteiger partial charge >= 0.3 is 7.60 Å². The Balaban J connectivity index is 2.21. The third-order valence-electron chi connectivity index (χ3n) is 3.79. The second-order valence-electron chi connectivity index (χ2n) is 6.30. The van der Waals surface area contributed by atoms with Gasteiger partial charge in [-0.1, -0.05) is 72.5 Å². The normalized spacial score (nSPS) is 13.6. The van der Waals surface area contributed by atoms with Crippen LogP contribution in [-0.2, 0) is 11.0 Å². The number of thiocarbonyl (C=S) groups is 1. The van der Waals surface area contributed by atoms with Crippen molar-refractivity contribution >= 4 is 35.9 Å². The van der Waals surface area contributed by atoms with E-state index in [1.807, 2.05) is 60.7 Å². The van der Waals surface area contributed by atoms with Crippen LogP contribution in [0.2, 0.25) is 0 Å². The molecule has 0 bridgehead atoms. The quantitative estimate of drug-likeness (QED) is 0.486. The molecule has 27 heavy (non-hydrogen) atoms. The van der Waals surface area contributed by atoms with E-state index in [0.29, 0.717) is 16.5 Å². The van der Waals surface area contributed by atoms with Crippen LogP contribution in [0, 0.1) is 0 Å². The van der Waals surface area contributed by atoms with Crippen LogP contribution >= 0.6 is 31.6 Å². The first-order chi connectivity index (χ1) is 12.8. The lowest BCUT2D eigenvalue weighted by atomic mass is 10.1. The minimum absolute atomic E-state index is 0.173. The van der Waals surface area contributed by atoms with Crippen LogP contribution in [0.15, 0.2) is 60.7 Å². The molecule has 0 amide bonds. The molecule has 8 heteroatoms. The summed E-state index contributed by atoms with van der Waals surface area (Å²) in [7, 11) is -0.848. The highest BCUT2D eigenvalue weighted by molar-refractivity contribution is 8.25. The van der Waals surface area contributed by atoms with E-state index < -0.39 is 18.7 Å². The molecule has 0 saturated heterocycles. The van der Waals surface area contributed by atoms with Gasteiger partial charge in [0.25, 0.3) is 0 Å². The molecule has 5 nitrogen and oxygen atoms in total. The van der Waals surface area contributed by atoms with Gasteiger partial charge in [0.05, 0.1) is 0 Å². The van der Waals surface area contributed by atoms with Crippen molar-refractivity contribution in [3.8, 4) is 5.75 Å². The van der Waals surface area contributed by atoms with Gasteiger partial charge in [0, 0.05) is 26.9 Å². The summed E-state index contributed by atoms with van der Waals surface area (Å²) in [6, 6.07) is 19.1. The van der Waals surface area contributed by atoms with Crippen LogP contribution in [0.5, 0.6) is 5.75 Å². The van der Waals surface area contributed by atoms with Crippen LogP contribution < -0.4 is 4.74 Å². The second kappa shape index (κ2) is 10.2. The molecule has 2 aromatic rings. The number of hydrogen-bond donors (Lipinski definition) is 2. The summed E-state index contributed by atoms with van der Waals surface area (Å²) in [6.07, 6.45) is 0.318. The third kappa shape index (κ3) is 7.64. The molecule has 0 saturated carbocycles. The Kier molecular flexibility index (Phi) is 8.32. The Morgan fingerprint density at radius 2 is 1.67 bits per heavy atom. The Morgan fingerprint density at radius 1 is 1.11 bits per heavy atom. The minimum Gasteiger partial charge on any atom is -0.490 e. The summed E-state index contributed by atoms with van der Waals surface area (Å²) in [4.78, 5) is 20.4. The van der Waals surface area contributed by atoms with Crippen molar-refractivity contribution in [1.82, 2.24) is 4.90 Å². The summed E-state index contributed by atoms with van der Waals surface area (Å²) < 4.78 is 18.6. The number of rotatable bonds is 8. The summed E-state index contributed by atoms with van der Waals surface area (Å²) in [5.74, 6) is 0.670. The number of para-hydroxylation sites is 1. The maximum atomic E-state index is 12.1. The van der Waals surface area contributed by atoms with E-state index in [2.05, 4.69) is 0 Å². The predicted molar refractivity (Wildman–Crippen MR) is 115 cm³/mol. The maximum Gasteiger partial charge on any atom is 0.339 e. The SMILES string of the molecule is CN(C)C(=S)S[C@@H](CC(Cc1ccccc1)Oc1ccccc1)P(=O)(O)O. The molecule has 0 aliphatic rings. The van der Waals surface area contributed by atoms with Gasteiger partial charge in [-0.15, -0.1) is 0 Å². The monoisotopic (exact) mass is 425 g/mol. The number of thioether (sulfide) groups is 1. The number of benzene rings is 2. The van der Waals surface area contributed by atoms with Gasteiger partial charge in [-0.25, -0.2) is 0 Å². The Morgan fingerprint density at radius 3 is 2.19 bits per heavy atom. The molecular formula is C19H24NO4PS2. The fraction of sp³-hybridized carbons (Fsp3) is 0.316. The molecule has 2 rings (SSSR count). The zero-order chi connectivity index (χ0) is 19.9. The lowest BCUT2D eigenvalue weighted by molar-refractivity contribution is 0.192. The Labute approximate surface area is 169 Å². The summed E-state index contributed by atoms with van der Waals surface area (Å²) in [5, 5.41) is 0. The molecule has 0 radical (unpaired) electrons. The molecule has 0 aromatic heterocycles. The average Bonchev–Trinajstić information content (AvgIpc) is 2.62. The fourth-order valence-electron chi connectivity index (χ4n) is 2.44. The van der Waals surface area contributed by atoms with Crippen molar-refractivity contribution in [1.29, 1.82) is 0 Å². The highest BCUT2D eigenvalue weighted by atomic mass is 32.2. The highest BCUT2D eigenvalue weighted by Gasteiger charge is 2.34. The summed E-state index contributed by atoms with van der Waals surface area (Å²) in [5.41, 5.74) is 1.04. The lowest BCUT2D eigenvalue weighted by Crippen LogP contribution is -2.27. The maximum absolute atomic E-state index is 12.1. The standard InChI is InChI=1S/C19H24NO4PS2/c1-20(2)19(26)27-18(25(21,22)23)14-17(13-15-9-5-3-6-10-15)24-16-11-7-4-8-12-16/h3-12,17-18H,13-14H2,1-2H3,(H2,21,22,23)/t17?,18-/m0/s1. The summed E-state index contributed by atoms with van der Waals surface area (Å²) >= 11 is 6.26. The van der Waals surface area contributed by atoms with E-state index in [1.54, 1.807) is 19.0 Å². The van der Waals surface area contributed by atoms with E-state index >= 15 is 0 Å². The first-order valence-electron chi connectivity index (χ1n) is 8.44. The van der Waals surface area contributed by atoms with Crippen molar-refractivity contribution in [2.45, 2.75) is 23.9 Å². The van der Waals surface area contributed by atoms with Gasteiger partial charge in [0.15, 0.2) is 0 Å². The van der Waals surface area contributed by atoms with Crippen molar-refractivity contribution in [3.05, 3.63) is 66.2 Å². The van der Waals surface area contributed by atoms with Crippen molar-refractivity contribution in [2.24, 2.45) is 0 Å². The topological polar surface area (TPSA) is 70.0 Å². The average molecular weight is 426 g/mol. The van der Waals surface area contributed by atoms with Crippen LogP contribution in [0.4, 0.5) is 0 Å². The first kappa shape index (κ1) is 21.9. The Hall–Kier alpha value is -1.37. The van der Waals surface area contributed by atoms with Crippen molar-refractivity contribution in [2.75, 3.05) is 14.1 Å². The van der Waals surface area contributed by atoms with E-state index in [0.717, 1.165) is 17.3 Å². The first-order valence-corrected chi connectivity index (χ1v) is 11.4. The zero-order valence-electron chi connectivity index (χ0n) is 15.3. The number of ether oxygens (including phenoxy) is 1. The van der Waals surface area contributed by atoms with Crippen LogP contribution in [0.25, 0.3) is 0 Å². The third-order valence-corrected chi connectivity index (χ3v) is 7.58. The van der Waals surface area contributed by atoms with Crippen molar-refractivity contribution in [3.63, 3.8) is 0 Å². The zero-order valence-corrected chi connectivity index (χ0v) is 17.8. The van der Waals surface area contributed by atoms with Gasteiger partial charge in [-0.2, -0.15) is 0 Å². The van der Waals surface area contributed by atoms with Gasteiger partial charge in [0.2, 0.25) is 0 Å². The Bertz CT molecular complexity index is 726. The summed E-state index contributed by atoms with van der Waals surface area (Å²) in [6.45, 7) is 0. The molecule has 146 valence electrons. The predicted octanol–water partition coefficient (Wildman–Crippen LogP) is 4.15. The largest absolute Gasteiger partial charge is 0.490 e. The van der Waals surface area contributed by atoms with Crippen LogP contribution in [0.1, 0.15) is 12.0 Å². The molecule has 2 N–H and O–H groups in total. The van der Waals surface area contributed by atoms with Gasteiger partial charge in [-0.3, -0.25) is 4.57 Å². The van der Waals surface area contributed by atoms with E-state index in [9.17, 15) is 14.4 Å². The van der Waals surface area contributed by atoms with Gasteiger partial charge < -0.3 is 19.4 Å². The van der Waals surface area contributed by atoms with E-state index in [4.69, 9.17) is 17.0 Å². The van der Waals surface area contributed by atoms with Crippen LogP contribution in [-0.4, -0.2) is 44.2 Å². The number of nitrogens with zero attached hydrogens (tertiary/aromatic N) is 1. The van der Waals surface area contributed by atoms with E-state index in [1.165, 1.54) is 0 Å². The molecule has 0 spiro atoms. The molecule has 2 atom stereocenters. The minimum atomic E-state index is -4.36.